The van der Waals surface area contributed by atoms with E-state index in [-0.39, 0.29) is 12.3 Å². The van der Waals surface area contributed by atoms with E-state index in [2.05, 4.69) is 15.3 Å². The molecule has 0 saturated carbocycles. The lowest BCUT2D eigenvalue weighted by Gasteiger charge is -2.27. The Labute approximate surface area is 207 Å². The third-order valence-corrected chi connectivity index (χ3v) is 6.98. The number of likely N-dealkylation sites (tertiary alicyclic amines) is 1. The number of aliphatic carboxylic acids is 1. The summed E-state index contributed by atoms with van der Waals surface area (Å²) in [4.78, 5) is 46.2. The number of fused-ring (bicyclic) bond motifs is 2. The van der Waals surface area contributed by atoms with Crippen LogP contribution in [0.2, 0.25) is 0 Å². The minimum absolute atomic E-state index is 0.131. The average molecular weight is 488 g/mol. The summed E-state index contributed by atoms with van der Waals surface area (Å²) in [6, 6.07) is 12.7. The van der Waals surface area contributed by atoms with Gasteiger partial charge in [0.1, 0.15) is 12.1 Å². The van der Waals surface area contributed by atoms with Crippen LogP contribution in [0.15, 0.2) is 60.9 Å². The summed E-state index contributed by atoms with van der Waals surface area (Å²) in [6.07, 6.45) is 5.22. The summed E-state index contributed by atoms with van der Waals surface area (Å²) in [5.41, 5.74) is 9.92. The number of nitrogens with one attached hydrogen (secondary N) is 3. The summed E-state index contributed by atoms with van der Waals surface area (Å²) in [5, 5.41) is 14.4. The van der Waals surface area contributed by atoms with Crippen LogP contribution < -0.4 is 11.1 Å². The van der Waals surface area contributed by atoms with E-state index in [1.165, 1.54) is 4.90 Å². The van der Waals surface area contributed by atoms with Gasteiger partial charge in [-0.25, -0.2) is 4.79 Å². The number of nitrogens with zero attached hydrogens (tertiary/aromatic N) is 1. The van der Waals surface area contributed by atoms with Gasteiger partial charge in [0.25, 0.3) is 0 Å². The van der Waals surface area contributed by atoms with Crippen molar-refractivity contribution in [3.8, 4) is 0 Å². The lowest BCUT2D eigenvalue weighted by atomic mass is 10.0. The van der Waals surface area contributed by atoms with Crippen LogP contribution in [0.5, 0.6) is 0 Å². The van der Waals surface area contributed by atoms with Gasteiger partial charge < -0.3 is 31.0 Å². The lowest BCUT2D eigenvalue weighted by molar-refractivity contribution is -0.144. The number of amides is 2. The number of H-pyrrole nitrogens is 2. The molecule has 186 valence electrons. The third kappa shape index (κ3) is 4.57. The molecule has 0 spiro atoms. The highest BCUT2D eigenvalue weighted by atomic mass is 16.4. The first kappa shape index (κ1) is 23.6. The molecular weight excluding hydrogens is 458 g/mol. The molecule has 1 aliphatic rings. The van der Waals surface area contributed by atoms with E-state index in [1.807, 2.05) is 54.7 Å². The number of hydrogen-bond donors (Lipinski definition) is 5. The number of nitrogens with two attached hydrogens (primary N) is 1. The second kappa shape index (κ2) is 9.87. The molecule has 3 unspecified atom stereocenters. The summed E-state index contributed by atoms with van der Waals surface area (Å²) in [7, 11) is 0. The van der Waals surface area contributed by atoms with Crippen LogP contribution in [0.4, 0.5) is 0 Å². The molecule has 3 atom stereocenters. The monoisotopic (exact) mass is 487 g/mol. The molecule has 36 heavy (non-hydrogen) atoms. The Bertz CT molecular complexity index is 1420. The molecule has 2 aromatic heterocycles. The SMILES string of the molecule is NC(Cc1c[nH]c2ccccc12)C(=O)N1CCCC1C(=O)NC(Cc1c[nH]c2ccccc12)C(=O)O. The van der Waals surface area contributed by atoms with Crippen LogP contribution in [0.1, 0.15) is 24.0 Å². The lowest BCUT2D eigenvalue weighted by Crippen LogP contribution is -2.54. The zero-order valence-corrected chi connectivity index (χ0v) is 19.7. The van der Waals surface area contributed by atoms with Gasteiger partial charge in [0, 0.05) is 47.2 Å². The minimum atomic E-state index is -1.12. The van der Waals surface area contributed by atoms with Crippen LogP contribution in [0.25, 0.3) is 21.8 Å². The molecule has 1 fully saturated rings. The first-order valence-electron chi connectivity index (χ1n) is 12.1. The summed E-state index contributed by atoms with van der Waals surface area (Å²) in [6.45, 7) is 0.415. The highest BCUT2D eigenvalue weighted by molar-refractivity contribution is 5.93. The van der Waals surface area contributed by atoms with Gasteiger partial charge in [-0.3, -0.25) is 9.59 Å². The molecule has 5 rings (SSSR count). The number of aromatic amines is 2. The number of hydrogen-bond acceptors (Lipinski definition) is 4. The van der Waals surface area contributed by atoms with Crippen LogP contribution in [-0.2, 0) is 27.2 Å². The number of para-hydroxylation sites is 2. The van der Waals surface area contributed by atoms with Crippen molar-refractivity contribution in [3.63, 3.8) is 0 Å². The Morgan fingerprint density at radius 3 is 2.17 bits per heavy atom. The third-order valence-electron chi connectivity index (χ3n) is 6.98. The Morgan fingerprint density at radius 1 is 0.972 bits per heavy atom. The van der Waals surface area contributed by atoms with Gasteiger partial charge in [-0.05, 0) is 42.5 Å². The first-order valence-corrected chi connectivity index (χ1v) is 12.1. The fourth-order valence-corrected chi connectivity index (χ4v) is 5.13. The van der Waals surface area contributed by atoms with Crippen molar-refractivity contribution in [2.75, 3.05) is 6.54 Å². The number of carbonyl (C=O) groups is 3. The summed E-state index contributed by atoms with van der Waals surface area (Å²) < 4.78 is 0. The maximum absolute atomic E-state index is 13.2. The van der Waals surface area contributed by atoms with Crippen molar-refractivity contribution in [1.29, 1.82) is 0 Å². The van der Waals surface area contributed by atoms with Crippen molar-refractivity contribution in [2.24, 2.45) is 5.73 Å². The Balaban J connectivity index is 1.26. The number of carboxylic acids is 1. The normalized spacial score (nSPS) is 17.4. The molecule has 0 aliphatic carbocycles. The standard InChI is InChI=1S/C27H29N5O4/c28-20(12-16-14-29-21-8-3-1-6-18(16)21)26(34)32-11-5-10-24(32)25(33)31-23(27(35)36)13-17-15-30-22-9-4-2-7-19(17)22/h1-4,6-9,14-15,20,23-24,29-30H,5,10-13,28H2,(H,31,33)(H,35,36). The van der Waals surface area contributed by atoms with E-state index in [1.54, 1.807) is 6.20 Å². The molecule has 1 saturated heterocycles. The van der Waals surface area contributed by atoms with Crippen molar-refractivity contribution in [3.05, 3.63) is 72.1 Å². The van der Waals surface area contributed by atoms with Gasteiger partial charge in [0.15, 0.2) is 0 Å². The molecule has 1 aliphatic heterocycles. The maximum Gasteiger partial charge on any atom is 0.326 e. The van der Waals surface area contributed by atoms with Crippen molar-refractivity contribution in [2.45, 2.75) is 43.8 Å². The number of rotatable bonds is 8. The zero-order chi connectivity index (χ0) is 25.2. The van der Waals surface area contributed by atoms with Crippen LogP contribution in [-0.4, -0.2) is 62.4 Å². The predicted octanol–water partition coefficient (Wildman–Crippen LogP) is 2.32. The fourth-order valence-electron chi connectivity index (χ4n) is 5.13. The number of carbonyl (C=O) groups excluding carboxylic acids is 2. The quantitative estimate of drug-likeness (QED) is 0.259. The van der Waals surface area contributed by atoms with Crippen LogP contribution >= 0.6 is 0 Å². The summed E-state index contributed by atoms with van der Waals surface area (Å²) in [5.74, 6) is -1.89. The molecule has 2 amide bonds. The Kier molecular flexibility index (Phi) is 6.47. The fraction of sp³-hybridized carbons (Fsp3) is 0.296. The number of carboxylic acid groups (broad SMARTS) is 1. The highest BCUT2D eigenvalue weighted by Gasteiger charge is 2.37. The molecule has 3 heterocycles. The second-order valence-electron chi connectivity index (χ2n) is 9.32. The van der Waals surface area contributed by atoms with Crippen LogP contribution in [0, 0.1) is 0 Å². The van der Waals surface area contributed by atoms with E-state index >= 15 is 0 Å². The maximum atomic E-state index is 13.2. The van der Waals surface area contributed by atoms with Crippen LogP contribution in [0.3, 0.4) is 0 Å². The average Bonchev–Trinajstić information content (AvgIpc) is 3.62. The Morgan fingerprint density at radius 2 is 1.56 bits per heavy atom. The first-order chi connectivity index (χ1) is 17.4. The highest BCUT2D eigenvalue weighted by Crippen LogP contribution is 2.23. The summed E-state index contributed by atoms with van der Waals surface area (Å²) >= 11 is 0. The van der Waals surface area contributed by atoms with E-state index in [0.29, 0.717) is 25.8 Å². The van der Waals surface area contributed by atoms with E-state index in [4.69, 9.17) is 5.73 Å². The van der Waals surface area contributed by atoms with Crippen molar-refractivity contribution < 1.29 is 19.5 Å². The number of benzene rings is 2. The molecule has 0 bridgehead atoms. The van der Waals surface area contributed by atoms with Gasteiger partial charge in [-0.1, -0.05) is 36.4 Å². The Hall–Kier alpha value is -4.11. The number of aromatic nitrogens is 2. The van der Waals surface area contributed by atoms with E-state index in [0.717, 1.165) is 32.9 Å². The predicted molar refractivity (Wildman–Crippen MR) is 136 cm³/mol. The zero-order valence-electron chi connectivity index (χ0n) is 19.7. The second-order valence-corrected chi connectivity index (χ2v) is 9.32. The molecule has 0 radical (unpaired) electrons. The van der Waals surface area contributed by atoms with Crippen molar-refractivity contribution >= 4 is 39.6 Å². The minimum Gasteiger partial charge on any atom is -0.480 e. The topological polar surface area (TPSA) is 144 Å². The molecule has 2 aromatic carbocycles. The van der Waals surface area contributed by atoms with E-state index in [9.17, 15) is 19.5 Å². The van der Waals surface area contributed by atoms with Gasteiger partial charge in [-0.15, -0.1) is 0 Å². The van der Waals surface area contributed by atoms with Crippen molar-refractivity contribution in [1.82, 2.24) is 20.2 Å². The van der Waals surface area contributed by atoms with E-state index < -0.39 is 30.0 Å². The molecule has 6 N–H and O–H groups in total. The smallest absolute Gasteiger partial charge is 0.326 e. The molecule has 4 aromatic rings. The molecular formula is C27H29N5O4. The van der Waals surface area contributed by atoms with Gasteiger partial charge in [0.05, 0.1) is 6.04 Å². The molecule has 9 heteroatoms. The van der Waals surface area contributed by atoms with Gasteiger partial charge in [-0.2, -0.15) is 0 Å². The van der Waals surface area contributed by atoms with Gasteiger partial charge >= 0.3 is 5.97 Å². The van der Waals surface area contributed by atoms with Gasteiger partial charge in [0.2, 0.25) is 11.8 Å². The molecule has 9 nitrogen and oxygen atoms in total. The largest absolute Gasteiger partial charge is 0.480 e.